The van der Waals surface area contributed by atoms with Gasteiger partial charge in [-0.3, -0.25) is 9.00 Å². The molecule has 1 aromatic heterocycles. The molecular weight excluding hydrogens is 446 g/mol. The Morgan fingerprint density at radius 1 is 1.22 bits per heavy atom. The fraction of sp³-hybridized carbons (Fsp3) is 0.304. The lowest BCUT2D eigenvalue weighted by molar-refractivity contribution is -0.121. The van der Waals surface area contributed by atoms with Gasteiger partial charge in [-0.05, 0) is 54.7 Å². The van der Waals surface area contributed by atoms with Crippen molar-refractivity contribution in [1.29, 1.82) is 0 Å². The number of amides is 1. The number of hydrogen-bond acceptors (Lipinski definition) is 6. The van der Waals surface area contributed by atoms with Crippen LogP contribution in [0.4, 0.5) is 5.69 Å². The monoisotopic (exact) mass is 472 g/mol. The molecule has 2 N–H and O–H groups in total. The van der Waals surface area contributed by atoms with Gasteiger partial charge in [0.1, 0.15) is 10.8 Å². The van der Waals surface area contributed by atoms with Gasteiger partial charge in [0, 0.05) is 28.8 Å². The highest BCUT2D eigenvalue weighted by molar-refractivity contribution is 7.80. The van der Waals surface area contributed by atoms with Crippen LogP contribution in [0.1, 0.15) is 41.2 Å². The van der Waals surface area contributed by atoms with Gasteiger partial charge < -0.3 is 19.3 Å². The summed E-state index contributed by atoms with van der Waals surface area (Å²) in [7, 11) is 1.62. The average Bonchev–Trinajstić information content (AvgIpc) is 3.28. The Kier molecular flexibility index (Phi) is 8.78. The Morgan fingerprint density at radius 3 is 2.66 bits per heavy atom. The highest BCUT2D eigenvalue weighted by Gasteiger charge is 2.19. The smallest absolute Gasteiger partial charge is 0.220 e. The Morgan fingerprint density at radius 2 is 2.00 bits per heavy atom. The molecule has 170 valence electrons. The van der Waals surface area contributed by atoms with Crippen molar-refractivity contribution in [1.82, 2.24) is 10.3 Å². The van der Waals surface area contributed by atoms with Gasteiger partial charge in [-0.25, -0.2) is 4.98 Å². The highest BCUT2D eigenvalue weighted by atomic mass is 32.2. The second-order valence-corrected chi connectivity index (χ2v) is 8.80. The average molecular weight is 473 g/mol. The number of nitrogens with zero attached hydrogens (tertiary/aromatic N) is 1. The molecule has 1 amide bonds. The first kappa shape index (κ1) is 23.9. The first-order valence-corrected chi connectivity index (χ1v) is 12.2. The van der Waals surface area contributed by atoms with Crippen LogP contribution in [0.3, 0.4) is 0 Å². The van der Waals surface area contributed by atoms with E-state index >= 15 is 0 Å². The summed E-state index contributed by atoms with van der Waals surface area (Å²) in [5.41, 5.74) is 3.50. The van der Waals surface area contributed by atoms with Crippen LogP contribution in [0.15, 0.2) is 53.9 Å². The number of aryl methyl sites for hydroxylation is 2. The van der Waals surface area contributed by atoms with Gasteiger partial charge in [0.15, 0.2) is 0 Å². The SMILES string of the molecule is CCc1csc([C@H](Cc2ccc(NS(=O)[O-])cc2)NC(=O)CCc2cccc(OC)c2)n1. The Bertz CT molecular complexity index is 1050. The van der Waals surface area contributed by atoms with E-state index in [4.69, 9.17) is 4.74 Å². The van der Waals surface area contributed by atoms with Crippen LogP contribution in [-0.2, 0) is 35.3 Å². The van der Waals surface area contributed by atoms with Crippen LogP contribution in [0.5, 0.6) is 5.75 Å². The summed E-state index contributed by atoms with van der Waals surface area (Å²) in [6.07, 6.45) is 2.36. The van der Waals surface area contributed by atoms with E-state index in [1.807, 2.05) is 48.7 Å². The van der Waals surface area contributed by atoms with E-state index in [0.717, 1.165) is 34.0 Å². The number of carbonyl (C=O) groups is 1. The topological polar surface area (TPSA) is 103 Å². The lowest BCUT2D eigenvalue weighted by Gasteiger charge is -2.17. The number of hydrogen-bond donors (Lipinski definition) is 2. The van der Waals surface area contributed by atoms with Gasteiger partial charge >= 0.3 is 0 Å². The van der Waals surface area contributed by atoms with Crippen molar-refractivity contribution in [3.8, 4) is 5.75 Å². The minimum Gasteiger partial charge on any atom is -0.755 e. The maximum Gasteiger partial charge on any atom is 0.220 e. The van der Waals surface area contributed by atoms with Gasteiger partial charge in [0.25, 0.3) is 0 Å². The molecule has 0 saturated heterocycles. The molecule has 3 rings (SSSR count). The lowest BCUT2D eigenvalue weighted by Crippen LogP contribution is -2.30. The number of benzene rings is 2. The molecular formula is C23H26N3O4S2-. The molecule has 0 bridgehead atoms. The molecule has 0 aliphatic heterocycles. The molecule has 2 aromatic carbocycles. The second kappa shape index (κ2) is 11.8. The third-order valence-electron chi connectivity index (χ3n) is 4.93. The molecule has 2 atom stereocenters. The number of anilines is 1. The van der Waals surface area contributed by atoms with Gasteiger partial charge in [0.2, 0.25) is 5.91 Å². The van der Waals surface area contributed by atoms with Gasteiger partial charge in [-0.15, -0.1) is 11.3 Å². The zero-order valence-electron chi connectivity index (χ0n) is 18.0. The van der Waals surface area contributed by atoms with E-state index in [2.05, 4.69) is 15.0 Å². The molecule has 0 radical (unpaired) electrons. The standard InChI is InChI=1S/C23H27N3O4S2/c1-3-18-15-31-23(24-18)21(14-17-7-10-19(11-8-17)26-32(28)29)25-22(27)12-9-16-5-4-6-20(13-16)30-2/h4-8,10-11,13,15,21,26H,3,9,12,14H2,1-2H3,(H,25,27)(H,28,29)/p-1/t21-/m0/s1. The zero-order valence-corrected chi connectivity index (χ0v) is 19.6. The van der Waals surface area contributed by atoms with Crippen molar-refractivity contribution in [2.45, 2.75) is 38.6 Å². The molecule has 0 saturated carbocycles. The van der Waals surface area contributed by atoms with E-state index in [-0.39, 0.29) is 11.9 Å². The van der Waals surface area contributed by atoms with Crippen LogP contribution < -0.4 is 14.8 Å². The van der Waals surface area contributed by atoms with Crippen LogP contribution >= 0.6 is 11.3 Å². The van der Waals surface area contributed by atoms with E-state index in [1.54, 1.807) is 19.2 Å². The molecule has 1 unspecified atom stereocenters. The summed E-state index contributed by atoms with van der Waals surface area (Å²) >= 11 is -0.825. The molecule has 9 heteroatoms. The summed E-state index contributed by atoms with van der Waals surface area (Å²) in [5.74, 6) is 0.723. The van der Waals surface area contributed by atoms with Crippen molar-refractivity contribution in [3.05, 3.63) is 75.7 Å². The summed E-state index contributed by atoms with van der Waals surface area (Å²) < 4.78 is 29.2. The zero-order chi connectivity index (χ0) is 22.9. The largest absolute Gasteiger partial charge is 0.755 e. The Labute approximate surface area is 194 Å². The Balaban J connectivity index is 1.68. The number of thiazole rings is 1. The molecule has 3 aromatic rings. The number of aromatic nitrogens is 1. The van der Waals surface area contributed by atoms with E-state index in [1.165, 1.54) is 11.3 Å². The van der Waals surface area contributed by atoms with Gasteiger partial charge in [-0.1, -0.05) is 31.2 Å². The fourth-order valence-electron chi connectivity index (χ4n) is 3.24. The van der Waals surface area contributed by atoms with E-state index in [9.17, 15) is 13.6 Å². The molecule has 0 fully saturated rings. The molecule has 0 spiro atoms. The first-order chi connectivity index (χ1) is 15.5. The van der Waals surface area contributed by atoms with E-state index < -0.39 is 11.3 Å². The number of carbonyl (C=O) groups excluding carboxylic acids is 1. The molecule has 1 heterocycles. The number of rotatable bonds is 11. The Hall–Kier alpha value is -2.75. The van der Waals surface area contributed by atoms with E-state index in [0.29, 0.717) is 24.9 Å². The molecule has 0 aliphatic rings. The van der Waals surface area contributed by atoms with Crippen molar-refractivity contribution in [3.63, 3.8) is 0 Å². The summed E-state index contributed by atoms with van der Waals surface area (Å²) in [6, 6.07) is 14.5. The van der Waals surface area contributed by atoms with Crippen LogP contribution in [0, 0.1) is 0 Å². The lowest BCUT2D eigenvalue weighted by atomic mass is 10.0. The normalized spacial score (nSPS) is 12.7. The van der Waals surface area contributed by atoms with Crippen molar-refractivity contribution in [2.75, 3.05) is 11.8 Å². The summed E-state index contributed by atoms with van der Waals surface area (Å²) in [5, 5.41) is 6.00. The summed E-state index contributed by atoms with van der Waals surface area (Å²) in [4.78, 5) is 17.4. The minimum absolute atomic E-state index is 0.0499. The third kappa shape index (κ3) is 7.15. The fourth-order valence-corrected chi connectivity index (χ4v) is 4.52. The van der Waals surface area contributed by atoms with Gasteiger partial charge in [-0.2, -0.15) is 0 Å². The number of ether oxygens (including phenoxy) is 1. The number of methoxy groups -OCH3 is 1. The molecule has 0 aliphatic carbocycles. The molecule has 7 nitrogen and oxygen atoms in total. The first-order valence-electron chi connectivity index (χ1n) is 10.3. The number of nitrogens with one attached hydrogen (secondary N) is 2. The predicted octanol–water partition coefficient (Wildman–Crippen LogP) is 3.95. The maximum atomic E-state index is 12.8. The quantitative estimate of drug-likeness (QED) is 0.411. The maximum absolute atomic E-state index is 12.8. The minimum atomic E-state index is -2.36. The third-order valence-corrected chi connectivity index (χ3v) is 6.34. The highest BCUT2D eigenvalue weighted by Crippen LogP contribution is 2.24. The second-order valence-electron chi connectivity index (χ2n) is 7.24. The van der Waals surface area contributed by atoms with Crippen molar-refractivity contribution >= 4 is 34.2 Å². The molecule has 32 heavy (non-hydrogen) atoms. The summed E-state index contributed by atoms with van der Waals surface area (Å²) in [6.45, 7) is 2.05. The van der Waals surface area contributed by atoms with Crippen LogP contribution in [0.25, 0.3) is 0 Å². The predicted molar refractivity (Wildman–Crippen MR) is 126 cm³/mol. The van der Waals surface area contributed by atoms with Gasteiger partial charge in [0.05, 0.1) is 18.8 Å². The van der Waals surface area contributed by atoms with Crippen molar-refractivity contribution < 1.29 is 18.3 Å². The van der Waals surface area contributed by atoms with Crippen LogP contribution in [-0.4, -0.2) is 26.8 Å². The van der Waals surface area contributed by atoms with Crippen LogP contribution in [0.2, 0.25) is 0 Å². The van der Waals surface area contributed by atoms with Crippen molar-refractivity contribution in [2.24, 2.45) is 0 Å².